The SMILES string of the molecule is C=C[S+](C)C1CCCCO1.Cc1ccc(S(=O)(=O)[O-])cc1. The van der Waals surface area contributed by atoms with E-state index in [0.717, 1.165) is 12.2 Å². The third kappa shape index (κ3) is 6.65. The molecule has 1 fully saturated rings. The van der Waals surface area contributed by atoms with Gasteiger partial charge in [0.1, 0.15) is 21.8 Å². The average molecular weight is 330 g/mol. The van der Waals surface area contributed by atoms with Gasteiger partial charge in [0.05, 0.1) is 11.5 Å². The lowest BCUT2D eigenvalue weighted by molar-refractivity contribution is 0.0713. The zero-order valence-electron chi connectivity index (χ0n) is 12.4. The van der Waals surface area contributed by atoms with E-state index in [9.17, 15) is 13.0 Å². The number of aryl methyl sites for hydroxylation is 1. The second-order valence-corrected chi connectivity index (χ2v) is 8.29. The van der Waals surface area contributed by atoms with Gasteiger partial charge in [-0.2, -0.15) is 0 Å². The van der Waals surface area contributed by atoms with Crippen LogP contribution in [0.15, 0.2) is 41.1 Å². The molecular formula is C15H22O4S2. The van der Waals surface area contributed by atoms with Crippen LogP contribution in [0.5, 0.6) is 0 Å². The van der Waals surface area contributed by atoms with Crippen molar-refractivity contribution in [3.05, 3.63) is 41.8 Å². The largest absolute Gasteiger partial charge is 0.744 e. The Kier molecular flexibility index (Phi) is 7.45. The van der Waals surface area contributed by atoms with Crippen molar-refractivity contribution in [1.82, 2.24) is 0 Å². The van der Waals surface area contributed by atoms with Crippen molar-refractivity contribution in [2.45, 2.75) is 36.5 Å². The molecule has 4 nitrogen and oxygen atoms in total. The topological polar surface area (TPSA) is 66.4 Å². The van der Waals surface area contributed by atoms with Crippen molar-refractivity contribution >= 4 is 21.0 Å². The molecule has 21 heavy (non-hydrogen) atoms. The van der Waals surface area contributed by atoms with Gasteiger partial charge in [-0.1, -0.05) is 24.3 Å². The fourth-order valence-corrected chi connectivity index (χ4v) is 3.35. The van der Waals surface area contributed by atoms with Gasteiger partial charge in [0.25, 0.3) is 0 Å². The lowest BCUT2D eigenvalue weighted by atomic mass is 10.2. The molecule has 2 rings (SSSR count). The van der Waals surface area contributed by atoms with Crippen LogP contribution < -0.4 is 0 Å². The van der Waals surface area contributed by atoms with Crippen molar-refractivity contribution in [1.29, 1.82) is 0 Å². The van der Waals surface area contributed by atoms with Crippen LogP contribution in [0.2, 0.25) is 0 Å². The second-order valence-electron chi connectivity index (χ2n) is 4.84. The summed E-state index contributed by atoms with van der Waals surface area (Å²) in [6.45, 7) is 6.54. The summed E-state index contributed by atoms with van der Waals surface area (Å²) in [4.78, 5) is -0.178. The van der Waals surface area contributed by atoms with Gasteiger partial charge in [0, 0.05) is 17.3 Å². The van der Waals surface area contributed by atoms with Gasteiger partial charge in [0.2, 0.25) is 5.44 Å². The predicted molar refractivity (Wildman–Crippen MR) is 86.2 cm³/mol. The maximum Gasteiger partial charge on any atom is 0.222 e. The summed E-state index contributed by atoms with van der Waals surface area (Å²) in [6.07, 6.45) is 6.00. The van der Waals surface area contributed by atoms with Gasteiger partial charge in [-0.15, -0.1) is 0 Å². The normalized spacial score (nSPS) is 20.0. The molecule has 0 aliphatic carbocycles. The minimum Gasteiger partial charge on any atom is -0.744 e. The van der Waals surface area contributed by atoms with E-state index < -0.39 is 10.1 Å². The van der Waals surface area contributed by atoms with Crippen molar-refractivity contribution < 1.29 is 17.7 Å². The molecule has 0 spiro atoms. The summed E-state index contributed by atoms with van der Waals surface area (Å²) < 4.78 is 36.7. The fraction of sp³-hybridized carbons (Fsp3) is 0.467. The second kappa shape index (κ2) is 8.58. The third-order valence-electron chi connectivity index (χ3n) is 3.13. The summed E-state index contributed by atoms with van der Waals surface area (Å²) >= 11 is 0. The van der Waals surface area contributed by atoms with Gasteiger partial charge in [-0.3, -0.25) is 0 Å². The summed E-state index contributed by atoms with van der Waals surface area (Å²) in [5.74, 6) is 0. The Morgan fingerprint density at radius 2 is 1.95 bits per heavy atom. The molecule has 1 aromatic carbocycles. The highest BCUT2D eigenvalue weighted by Gasteiger charge is 2.25. The highest BCUT2D eigenvalue weighted by molar-refractivity contribution is 7.99. The highest BCUT2D eigenvalue weighted by atomic mass is 32.2. The van der Waals surface area contributed by atoms with Gasteiger partial charge in [-0.05, 0) is 31.9 Å². The molecule has 1 aliphatic rings. The maximum atomic E-state index is 10.4. The quantitative estimate of drug-likeness (QED) is 0.631. The van der Waals surface area contributed by atoms with Crippen LogP contribution in [-0.2, 0) is 25.7 Å². The van der Waals surface area contributed by atoms with Crippen LogP contribution in [0, 0.1) is 6.92 Å². The summed E-state index contributed by atoms with van der Waals surface area (Å²) in [6, 6.07) is 5.78. The molecule has 2 unspecified atom stereocenters. The lowest BCUT2D eigenvalue weighted by Gasteiger charge is -2.18. The van der Waals surface area contributed by atoms with Crippen molar-refractivity contribution in [2.24, 2.45) is 0 Å². The van der Waals surface area contributed by atoms with Gasteiger partial charge >= 0.3 is 0 Å². The number of rotatable bonds is 3. The minimum atomic E-state index is -4.27. The van der Waals surface area contributed by atoms with Crippen molar-refractivity contribution in [3.63, 3.8) is 0 Å². The standard InChI is InChI=1S/C8H15OS.C7H8O3S/c1-3-10(2)8-6-4-5-7-9-8;1-6-2-4-7(5-3-6)11(8,9)10/h3,8H,1,4-7H2,2H3;2-5H,1H3,(H,8,9,10)/q+1;/p-1. The molecule has 0 radical (unpaired) electrons. The number of ether oxygens (including phenoxy) is 1. The molecule has 1 aromatic rings. The van der Waals surface area contributed by atoms with E-state index >= 15 is 0 Å². The lowest BCUT2D eigenvalue weighted by Crippen LogP contribution is -2.25. The van der Waals surface area contributed by atoms with Crippen molar-refractivity contribution in [2.75, 3.05) is 12.9 Å². The molecule has 2 atom stereocenters. The summed E-state index contributed by atoms with van der Waals surface area (Å²) in [5, 5.41) is 2.01. The van der Waals surface area contributed by atoms with E-state index in [2.05, 4.69) is 12.8 Å². The van der Waals surface area contributed by atoms with E-state index in [1.807, 2.05) is 12.3 Å². The smallest absolute Gasteiger partial charge is 0.222 e. The zero-order chi connectivity index (χ0) is 15.9. The van der Waals surface area contributed by atoms with Crippen LogP contribution >= 0.6 is 0 Å². The van der Waals surface area contributed by atoms with Crippen LogP contribution in [0.1, 0.15) is 24.8 Å². The van der Waals surface area contributed by atoms with E-state index in [1.54, 1.807) is 12.1 Å². The number of benzene rings is 1. The molecule has 1 saturated heterocycles. The Balaban J connectivity index is 0.000000211. The average Bonchev–Trinajstić information content (AvgIpc) is 2.47. The fourth-order valence-electron chi connectivity index (χ4n) is 1.82. The molecule has 1 aliphatic heterocycles. The molecule has 6 heteroatoms. The number of hydrogen-bond acceptors (Lipinski definition) is 4. The Bertz CT molecular complexity index is 531. The first-order chi connectivity index (χ1) is 9.84. The monoisotopic (exact) mass is 330 g/mol. The van der Waals surface area contributed by atoms with E-state index in [1.165, 1.54) is 31.4 Å². The number of hydrogen-bond donors (Lipinski definition) is 0. The molecule has 0 bridgehead atoms. The van der Waals surface area contributed by atoms with Gasteiger partial charge in [-0.25, -0.2) is 8.42 Å². The Morgan fingerprint density at radius 3 is 2.38 bits per heavy atom. The van der Waals surface area contributed by atoms with Gasteiger partial charge < -0.3 is 9.29 Å². The first-order valence-electron chi connectivity index (χ1n) is 6.75. The van der Waals surface area contributed by atoms with Crippen molar-refractivity contribution in [3.8, 4) is 0 Å². The summed E-state index contributed by atoms with van der Waals surface area (Å²) in [7, 11) is -3.99. The predicted octanol–water partition coefficient (Wildman–Crippen LogP) is 2.80. The zero-order valence-corrected chi connectivity index (χ0v) is 14.1. The molecule has 0 aromatic heterocycles. The molecule has 118 valence electrons. The van der Waals surface area contributed by atoms with Crippen LogP contribution in [0.4, 0.5) is 0 Å². The Hall–Kier alpha value is -0.820. The Morgan fingerprint density at radius 1 is 1.33 bits per heavy atom. The molecule has 0 amide bonds. The van der Waals surface area contributed by atoms with Gasteiger partial charge in [0.15, 0.2) is 0 Å². The molecular weight excluding hydrogens is 308 g/mol. The van der Waals surface area contributed by atoms with E-state index in [-0.39, 0.29) is 15.8 Å². The van der Waals surface area contributed by atoms with Crippen LogP contribution in [0.25, 0.3) is 0 Å². The highest BCUT2D eigenvalue weighted by Crippen LogP contribution is 2.18. The van der Waals surface area contributed by atoms with Crippen LogP contribution in [-0.4, -0.2) is 31.3 Å². The third-order valence-corrected chi connectivity index (χ3v) is 5.70. The molecule has 0 saturated carbocycles. The molecule has 1 heterocycles. The Labute approximate surface area is 130 Å². The van der Waals surface area contributed by atoms with E-state index in [0.29, 0.717) is 5.44 Å². The minimum absolute atomic E-state index is 0.178. The molecule has 0 N–H and O–H groups in total. The van der Waals surface area contributed by atoms with Crippen LogP contribution in [0.3, 0.4) is 0 Å². The first-order valence-corrected chi connectivity index (χ1v) is 9.91. The summed E-state index contributed by atoms with van der Waals surface area (Å²) in [5.41, 5.74) is 1.41. The van der Waals surface area contributed by atoms with E-state index in [4.69, 9.17) is 4.74 Å². The first kappa shape index (κ1) is 18.2. The maximum absolute atomic E-state index is 10.4.